The smallest absolute Gasteiger partial charge is 0.325 e. The van der Waals surface area contributed by atoms with Gasteiger partial charge in [0.2, 0.25) is 0 Å². The van der Waals surface area contributed by atoms with Crippen molar-refractivity contribution in [2.75, 3.05) is 13.2 Å². The number of amides is 3. The van der Waals surface area contributed by atoms with E-state index in [9.17, 15) is 23.5 Å². The Bertz CT molecular complexity index is 904. The van der Waals surface area contributed by atoms with Crippen LogP contribution in [-0.4, -0.2) is 41.2 Å². The lowest BCUT2D eigenvalue weighted by atomic mass is 9.91. The molecule has 0 bridgehead atoms. The maximum Gasteiger partial charge on any atom is 0.325 e. The number of benzene rings is 2. The largest absolute Gasteiger partial charge is 0.491 e. The first-order valence-electron chi connectivity index (χ1n) is 8.68. The van der Waals surface area contributed by atoms with Gasteiger partial charge in [0.15, 0.2) is 0 Å². The van der Waals surface area contributed by atoms with Gasteiger partial charge < -0.3 is 15.2 Å². The molecule has 6 nitrogen and oxygen atoms in total. The highest BCUT2D eigenvalue weighted by Crippen LogP contribution is 2.31. The molecule has 2 aromatic rings. The maximum absolute atomic E-state index is 14.1. The summed E-state index contributed by atoms with van der Waals surface area (Å²) in [6.45, 7) is 2.73. The number of imide groups is 1. The van der Waals surface area contributed by atoms with E-state index in [1.165, 1.54) is 6.92 Å². The van der Waals surface area contributed by atoms with Crippen molar-refractivity contribution in [2.24, 2.45) is 0 Å². The van der Waals surface area contributed by atoms with Gasteiger partial charge in [0.25, 0.3) is 5.91 Å². The van der Waals surface area contributed by atoms with Crippen molar-refractivity contribution in [3.63, 3.8) is 0 Å². The molecule has 148 valence electrons. The van der Waals surface area contributed by atoms with E-state index in [-0.39, 0.29) is 18.7 Å². The highest BCUT2D eigenvalue weighted by molar-refractivity contribution is 6.07. The molecule has 0 spiro atoms. The molecule has 1 aliphatic rings. The van der Waals surface area contributed by atoms with Crippen LogP contribution in [0, 0.1) is 18.6 Å². The van der Waals surface area contributed by atoms with Crippen molar-refractivity contribution in [2.45, 2.75) is 25.5 Å². The summed E-state index contributed by atoms with van der Waals surface area (Å²) in [4.78, 5) is 25.8. The molecule has 1 heterocycles. The van der Waals surface area contributed by atoms with E-state index in [0.717, 1.165) is 28.7 Å². The van der Waals surface area contributed by atoms with E-state index in [4.69, 9.17) is 4.74 Å². The van der Waals surface area contributed by atoms with E-state index in [0.29, 0.717) is 5.75 Å². The summed E-state index contributed by atoms with van der Waals surface area (Å²) in [5.74, 6) is -1.79. The van der Waals surface area contributed by atoms with Gasteiger partial charge in [0.05, 0.1) is 6.54 Å². The van der Waals surface area contributed by atoms with E-state index in [1.807, 2.05) is 19.1 Å². The fourth-order valence-electron chi connectivity index (χ4n) is 3.02. The van der Waals surface area contributed by atoms with Crippen LogP contribution in [0.4, 0.5) is 13.6 Å². The van der Waals surface area contributed by atoms with E-state index < -0.39 is 35.2 Å². The third-order valence-corrected chi connectivity index (χ3v) is 4.60. The average molecular weight is 390 g/mol. The Morgan fingerprint density at radius 2 is 1.86 bits per heavy atom. The summed E-state index contributed by atoms with van der Waals surface area (Å²) in [7, 11) is 0. The summed E-state index contributed by atoms with van der Waals surface area (Å²) >= 11 is 0. The Morgan fingerprint density at radius 3 is 2.54 bits per heavy atom. The number of aliphatic hydroxyl groups excluding tert-OH is 1. The van der Waals surface area contributed by atoms with Crippen LogP contribution in [-0.2, 0) is 10.3 Å². The summed E-state index contributed by atoms with van der Waals surface area (Å²) in [6.07, 6.45) is -1.16. The van der Waals surface area contributed by atoms with Gasteiger partial charge in [-0.05, 0) is 44.2 Å². The predicted octanol–water partition coefficient (Wildman–Crippen LogP) is 2.48. The average Bonchev–Trinajstić information content (AvgIpc) is 2.87. The van der Waals surface area contributed by atoms with Gasteiger partial charge in [0, 0.05) is 5.56 Å². The second-order valence-electron chi connectivity index (χ2n) is 6.87. The van der Waals surface area contributed by atoms with Crippen molar-refractivity contribution in [3.8, 4) is 5.75 Å². The van der Waals surface area contributed by atoms with Crippen molar-refractivity contribution in [1.82, 2.24) is 10.2 Å². The number of hydrogen-bond acceptors (Lipinski definition) is 4. The lowest BCUT2D eigenvalue weighted by Gasteiger charge is -2.23. The lowest BCUT2D eigenvalue weighted by molar-refractivity contribution is -0.132. The third-order valence-electron chi connectivity index (χ3n) is 4.60. The Labute approximate surface area is 160 Å². The number of carbonyl (C=O) groups excluding carboxylic acids is 2. The highest BCUT2D eigenvalue weighted by atomic mass is 19.1. The first-order valence-corrected chi connectivity index (χ1v) is 8.68. The van der Waals surface area contributed by atoms with Crippen LogP contribution >= 0.6 is 0 Å². The summed E-state index contributed by atoms with van der Waals surface area (Å²) in [5.41, 5.74) is -0.990. The number of halogens is 2. The quantitative estimate of drug-likeness (QED) is 0.743. The summed E-state index contributed by atoms with van der Waals surface area (Å²) < 4.78 is 33.1. The number of hydrogen-bond donors (Lipinski definition) is 2. The van der Waals surface area contributed by atoms with Crippen molar-refractivity contribution >= 4 is 11.9 Å². The number of nitrogens with one attached hydrogen (secondary N) is 1. The molecule has 1 saturated heterocycles. The lowest BCUT2D eigenvalue weighted by Crippen LogP contribution is -2.43. The minimum atomic E-state index is -1.76. The molecule has 2 N–H and O–H groups in total. The number of urea groups is 1. The SMILES string of the molecule is Cc1ccc(OC[C@@H](O)CN2C(=O)N[C@](C)(c3cc(F)ccc3F)C2=O)cc1. The van der Waals surface area contributed by atoms with Crippen LogP contribution in [0.2, 0.25) is 0 Å². The number of rotatable bonds is 6. The van der Waals surface area contributed by atoms with Gasteiger partial charge in [0.1, 0.15) is 35.6 Å². The number of β-amino-alcohol motifs (C(OH)–C–C–N with tert-alkyl or cyclic N) is 1. The first-order chi connectivity index (χ1) is 13.2. The van der Waals surface area contributed by atoms with Gasteiger partial charge in [-0.15, -0.1) is 0 Å². The van der Waals surface area contributed by atoms with Gasteiger partial charge in [-0.1, -0.05) is 17.7 Å². The Kier molecular flexibility index (Phi) is 5.33. The first kappa shape index (κ1) is 19.8. The van der Waals surface area contributed by atoms with Crippen molar-refractivity contribution in [3.05, 3.63) is 65.2 Å². The number of carbonyl (C=O) groups is 2. The number of aryl methyl sites for hydroxylation is 1. The monoisotopic (exact) mass is 390 g/mol. The van der Waals surface area contributed by atoms with Crippen LogP contribution in [0.25, 0.3) is 0 Å². The maximum atomic E-state index is 14.1. The molecule has 0 aromatic heterocycles. The molecular formula is C20H20F2N2O4. The molecule has 0 unspecified atom stereocenters. The van der Waals surface area contributed by atoms with Crippen molar-refractivity contribution < 1.29 is 28.2 Å². The zero-order valence-electron chi connectivity index (χ0n) is 15.4. The van der Waals surface area contributed by atoms with Gasteiger partial charge in [-0.25, -0.2) is 13.6 Å². The third kappa shape index (κ3) is 3.82. The van der Waals surface area contributed by atoms with Crippen LogP contribution in [0.3, 0.4) is 0 Å². The molecule has 0 radical (unpaired) electrons. The van der Waals surface area contributed by atoms with Crippen LogP contribution in [0.1, 0.15) is 18.1 Å². The van der Waals surface area contributed by atoms with Gasteiger partial charge in [-0.2, -0.15) is 0 Å². The molecule has 0 aliphatic carbocycles. The molecule has 0 saturated carbocycles. The van der Waals surface area contributed by atoms with E-state index in [2.05, 4.69) is 5.32 Å². The number of aliphatic hydroxyl groups is 1. The van der Waals surface area contributed by atoms with Gasteiger partial charge in [-0.3, -0.25) is 9.69 Å². The molecule has 2 aromatic carbocycles. The second-order valence-corrected chi connectivity index (χ2v) is 6.87. The normalized spacial score (nSPS) is 20.2. The Morgan fingerprint density at radius 1 is 1.18 bits per heavy atom. The minimum absolute atomic E-state index is 0.148. The zero-order valence-corrected chi connectivity index (χ0v) is 15.4. The molecule has 2 atom stereocenters. The van der Waals surface area contributed by atoms with Crippen molar-refractivity contribution in [1.29, 1.82) is 0 Å². The molecule has 1 fully saturated rings. The highest BCUT2D eigenvalue weighted by Gasteiger charge is 2.50. The minimum Gasteiger partial charge on any atom is -0.491 e. The molecule has 8 heteroatoms. The number of nitrogens with zero attached hydrogens (tertiary/aromatic N) is 1. The zero-order chi connectivity index (χ0) is 20.5. The van der Waals surface area contributed by atoms with E-state index >= 15 is 0 Å². The number of ether oxygens (including phenoxy) is 1. The van der Waals surface area contributed by atoms with Crippen LogP contribution < -0.4 is 10.1 Å². The molecule has 3 amide bonds. The Hall–Kier alpha value is -3.00. The summed E-state index contributed by atoms with van der Waals surface area (Å²) in [5, 5.41) is 12.5. The second kappa shape index (κ2) is 7.55. The summed E-state index contributed by atoms with van der Waals surface area (Å²) in [6, 6.07) is 9.05. The van der Waals surface area contributed by atoms with E-state index in [1.54, 1.807) is 12.1 Å². The fraction of sp³-hybridized carbons (Fsp3) is 0.300. The standard InChI is InChI=1S/C20H20F2N2O4/c1-12-3-6-15(7-4-12)28-11-14(25)10-24-18(26)20(2,23-19(24)27)16-9-13(21)5-8-17(16)22/h3-9,14,25H,10-11H2,1-2H3,(H,23,27)/t14-,20+/m0/s1. The molecule has 1 aliphatic heterocycles. The molecule has 3 rings (SSSR count). The molecular weight excluding hydrogens is 370 g/mol. The Balaban J connectivity index is 1.69. The van der Waals surface area contributed by atoms with Gasteiger partial charge >= 0.3 is 6.03 Å². The molecule has 28 heavy (non-hydrogen) atoms. The fourth-order valence-corrected chi connectivity index (χ4v) is 3.02. The van der Waals surface area contributed by atoms with Crippen LogP contribution in [0.15, 0.2) is 42.5 Å². The van der Waals surface area contributed by atoms with Crippen LogP contribution in [0.5, 0.6) is 5.75 Å². The predicted molar refractivity (Wildman–Crippen MR) is 96.6 cm³/mol. The topological polar surface area (TPSA) is 78.9 Å².